The summed E-state index contributed by atoms with van der Waals surface area (Å²) in [5.74, 6) is -0.815. The summed E-state index contributed by atoms with van der Waals surface area (Å²) in [5, 5.41) is 0. The van der Waals surface area contributed by atoms with Crippen molar-refractivity contribution >= 4 is 19.8 Å². The lowest BCUT2D eigenvalue weighted by Gasteiger charge is -2.24. The molecule has 266 valence electrons. The van der Waals surface area contributed by atoms with Crippen molar-refractivity contribution in [3.8, 4) is 0 Å². The van der Waals surface area contributed by atoms with E-state index in [0.29, 0.717) is 17.4 Å². The molecule has 0 saturated heterocycles. The maximum atomic E-state index is 12.5. The summed E-state index contributed by atoms with van der Waals surface area (Å²) in [4.78, 5) is 34.9. The van der Waals surface area contributed by atoms with E-state index >= 15 is 0 Å². The van der Waals surface area contributed by atoms with E-state index in [1.165, 1.54) is 57.8 Å². The van der Waals surface area contributed by atoms with Gasteiger partial charge >= 0.3 is 19.8 Å². The van der Waals surface area contributed by atoms with Gasteiger partial charge in [0, 0.05) is 12.8 Å². The van der Waals surface area contributed by atoms with Crippen LogP contribution in [0.15, 0.2) is 12.2 Å². The summed E-state index contributed by atoms with van der Waals surface area (Å²) >= 11 is 0. The number of likely N-dealkylation sites (N-methyl/N-ethyl adjacent to an activating group) is 1. The molecule has 0 aromatic carbocycles. The molecule has 1 N–H and O–H groups in total. The zero-order valence-corrected chi connectivity index (χ0v) is 30.5. The summed E-state index contributed by atoms with van der Waals surface area (Å²) in [6, 6.07) is 0. The number of phosphoric acid groups is 1. The summed E-state index contributed by atoms with van der Waals surface area (Å²) in [6.45, 7) is 4.33. The van der Waals surface area contributed by atoms with Crippen molar-refractivity contribution in [3.05, 3.63) is 12.2 Å². The topological polar surface area (TPSA) is 108 Å². The number of allylic oxidation sites excluding steroid dienone is 2. The third-order valence-electron chi connectivity index (χ3n) is 7.55. The van der Waals surface area contributed by atoms with Crippen molar-refractivity contribution < 1.29 is 42.1 Å². The molecule has 0 aliphatic heterocycles. The average Bonchev–Trinajstić information content (AvgIpc) is 2.97. The van der Waals surface area contributed by atoms with Crippen LogP contribution in [0.4, 0.5) is 0 Å². The van der Waals surface area contributed by atoms with Gasteiger partial charge in [-0.1, -0.05) is 109 Å². The Labute approximate surface area is 276 Å². The molecule has 0 aromatic heterocycles. The van der Waals surface area contributed by atoms with Gasteiger partial charge in [-0.25, -0.2) is 4.57 Å². The van der Waals surface area contributed by atoms with Gasteiger partial charge in [0.25, 0.3) is 0 Å². The fourth-order valence-corrected chi connectivity index (χ4v) is 5.39. The second kappa shape index (κ2) is 28.9. The van der Waals surface area contributed by atoms with Crippen molar-refractivity contribution in [1.29, 1.82) is 0 Å². The predicted octanol–water partition coefficient (Wildman–Crippen LogP) is 9.07. The SMILES string of the molecule is CCCCCCC/C=C/CCCCCCCC(=O)OC[C@@H](COP(=O)(O)OCC[N+](C)(C)C)OC(=O)CCCCCCCCC. The monoisotopic (exact) mass is 662 g/mol. The maximum Gasteiger partial charge on any atom is 0.472 e. The molecule has 2 atom stereocenters. The Morgan fingerprint density at radius 3 is 1.64 bits per heavy atom. The molecule has 0 aliphatic rings. The van der Waals surface area contributed by atoms with E-state index in [1.54, 1.807) is 0 Å². The van der Waals surface area contributed by atoms with Gasteiger partial charge in [0.05, 0.1) is 27.7 Å². The molecule has 9 nitrogen and oxygen atoms in total. The number of rotatable bonds is 32. The average molecular weight is 663 g/mol. The van der Waals surface area contributed by atoms with Crippen LogP contribution in [0.25, 0.3) is 0 Å². The standard InChI is InChI=1S/C35H68NO8P/c1-6-8-10-12-14-15-16-17-18-19-20-22-23-25-27-34(37)41-31-33(32-43-45(39,40)42-30-29-36(3,4)5)44-35(38)28-26-24-21-13-11-9-7-2/h16-17,33H,6-15,18-32H2,1-5H3/p+1/b17-16+/t33-/m0/s1. The van der Waals surface area contributed by atoms with Crippen molar-refractivity contribution in [2.24, 2.45) is 0 Å². The lowest BCUT2D eigenvalue weighted by molar-refractivity contribution is -0.870. The van der Waals surface area contributed by atoms with Crippen LogP contribution in [0, 0.1) is 0 Å². The van der Waals surface area contributed by atoms with Crippen LogP contribution in [0.3, 0.4) is 0 Å². The first kappa shape index (κ1) is 43.8. The van der Waals surface area contributed by atoms with Crippen LogP contribution in [0.1, 0.15) is 149 Å². The van der Waals surface area contributed by atoms with Gasteiger partial charge in [-0.15, -0.1) is 0 Å². The normalized spacial score (nSPS) is 14.0. The van der Waals surface area contributed by atoms with Gasteiger partial charge in [0.15, 0.2) is 6.10 Å². The Kier molecular flexibility index (Phi) is 28.1. The van der Waals surface area contributed by atoms with Crippen LogP contribution in [0.5, 0.6) is 0 Å². The minimum absolute atomic E-state index is 0.0326. The van der Waals surface area contributed by atoms with E-state index < -0.39 is 26.5 Å². The van der Waals surface area contributed by atoms with E-state index in [0.717, 1.165) is 57.8 Å². The number of phosphoric ester groups is 1. The Bertz CT molecular complexity index is 799. The highest BCUT2D eigenvalue weighted by molar-refractivity contribution is 7.47. The molecule has 0 bridgehead atoms. The Morgan fingerprint density at radius 2 is 1.13 bits per heavy atom. The third-order valence-corrected chi connectivity index (χ3v) is 8.53. The first-order chi connectivity index (χ1) is 21.5. The molecule has 0 heterocycles. The number of hydrogen-bond acceptors (Lipinski definition) is 7. The van der Waals surface area contributed by atoms with E-state index in [9.17, 15) is 19.0 Å². The number of nitrogens with zero attached hydrogens (tertiary/aromatic N) is 1. The number of carbonyl (C=O) groups excluding carboxylic acids is 2. The molecule has 0 amide bonds. The number of carbonyl (C=O) groups is 2. The van der Waals surface area contributed by atoms with Crippen molar-refractivity contribution in [1.82, 2.24) is 0 Å². The molecule has 45 heavy (non-hydrogen) atoms. The highest BCUT2D eigenvalue weighted by atomic mass is 31.2. The molecule has 0 saturated carbocycles. The van der Waals surface area contributed by atoms with Gasteiger partial charge in [0.1, 0.15) is 19.8 Å². The molecule has 0 aromatic rings. The number of hydrogen-bond donors (Lipinski definition) is 1. The first-order valence-corrected chi connectivity index (χ1v) is 19.4. The third kappa shape index (κ3) is 32.5. The Hall–Kier alpha value is -1.25. The maximum absolute atomic E-state index is 12.5. The summed E-state index contributed by atoms with van der Waals surface area (Å²) in [5.41, 5.74) is 0. The highest BCUT2D eigenvalue weighted by Gasteiger charge is 2.27. The van der Waals surface area contributed by atoms with E-state index in [-0.39, 0.29) is 32.0 Å². The second-order valence-corrected chi connectivity index (χ2v) is 14.7. The molecule has 10 heteroatoms. The van der Waals surface area contributed by atoms with Crippen LogP contribution in [-0.2, 0) is 32.7 Å². The molecule has 0 fully saturated rings. The van der Waals surface area contributed by atoms with Crippen molar-refractivity contribution in [2.45, 2.75) is 155 Å². The van der Waals surface area contributed by atoms with Gasteiger partial charge in [-0.3, -0.25) is 18.6 Å². The van der Waals surface area contributed by atoms with Crippen molar-refractivity contribution in [2.75, 3.05) is 47.5 Å². The van der Waals surface area contributed by atoms with Gasteiger partial charge < -0.3 is 18.9 Å². The number of unbranched alkanes of at least 4 members (excludes halogenated alkanes) is 16. The van der Waals surface area contributed by atoms with Crippen LogP contribution in [-0.4, -0.2) is 74.9 Å². The van der Waals surface area contributed by atoms with Crippen molar-refractivity contribution in [3.63, 3.8) is 0 Å². The summed E-state index contributed by atoms with van der Waals surface area (Å²) in [6.07, 6.45) is 25.6. The fourth-order valence-electron chi connectivity index (χ4n) is 4.65. The summed E-state index contributed by atoms with van der Waals surface area (Å²) < 4.78 is 34.0. The van der Waals surface area contributed by atoms with Gasteiger partial charge in [0.2, 0.25) is 0 Å². The van der Waals surface area contributed by atoms with E-state index in [4.69, 9.17) is 18.5 Å². The van der Waals surface area contributed by atoms with Gasteiger partial charge in [-0.2, -0.15) is 0 Å². The molecule has 0 spiro atoms. The number of ether oxygens (including phenoxy) is 2. The smallest absolute Gasteiger partial charge is 0.462 e. The molecule has 0 radical (unpaired) electrons. The number of quaternary nitrogens is 1. The largest absolute Gasteiger partial charge is 0.472 e. The van der Waals surface area contributed by atoms with Crippen LogP contribution < -0.4 is 0 Å². The van der Waals surface area contributed by atoms with Gasteiger partial charge in [-0.05, 0) is 38.5 Å². The minimum Gasteiger partial charge on any atom is -0.462 e. The zero-order chi connectivity index (χ0) is 33.7. The lowest BCUT2D eigenvalue weighted by atomic mass is 10.1. The second-order valence-electron chi connectivity index (χ2n) is 13.3. The van der Waals surface area contributed by atoms with E-state index in [2.05, 4.69) is 26.0 Å². The Morgan fingerprint density at radius 1 is 0.667 bits per heavy atom. The minimum atomic E-state index is -4.35. The quantitative estimate of drug-likeness (QED) is 0.0250. The van der Waals surface area contributed by atoms with E-state index in [1.807, 2.05) is 21.1 Å². The molecule has 0 rings (SSSR count). The van der Waals surface area contributed by atoms with Crippen LogP contribution in [0.2, 0.25) is 0 Å². The fraction of sp³-hybridized carbons (Fsp3) is 0.886. The predicted molar refractivity (Wildman–Crippen MR) is 183 cm³/mol. The first-order valence-electron chi connectivity index (χ1n) is 17.9. The zero-order valence-electron chi connectivity index (χ0n) is 29.6. The Balaban J connectivity index is 4.40. The molecule has 1 unspecified atom stereocenters. The highest BCUT2D eigenvalue weighted by Crippen LogP contribution is 2.43. The molecule has 0 aliphatic carbocycles. The van der Waals surface area contributed by atoms with Crippen LogP contribution >= 0.6 is 7.82 Å². The lowest BCUT2D eigenvalue weighted by Crippen LogP contribution is -2.37. The number of esters is 2. The molecular weight excluding hydrogens is 593 g/mol. The molecular formula is C35H69NO8P+. The summed E-state index contributed by atoms with van der Waals surface area (Å²) in [7, 11) is 1.47.